The highest BCUT2D eigenvalue weighted by Gasteiger charge is 2.21. The fourth-order valence-corrected chi connectivity index (χ4v) is 5.26. The van der Waals surface area contributed by atoms with Crippen LogP contribution in [-0.4, -0.2) is 66.1 Å². The third kappa shape index (κ3) is 6.37. The predicted octanol–water partition coefficient (Wildman–Crippen LogP) is 2.58. The van der Waals surface area contributed by atoms with Crippen LogP contribution in [0.15, 0.2) is 34.1 Å². The Balaban J connectivity index is 1.39. The molecule has 2 aliphatic rings. The molecule has 1 aromatic carbocycles. The molecule has 1 aliphatic carbocycles. The molecule has 1 aliphatic heterocycles. The lowest BCUT2D eigenvalue weighted by Gasteiger charge is -2.27. The molecule has 1 aromatic heterocycles. The van der Waals surface area contributed by atoms with E-state index in [-0.39, 0.29) is 17.3 Å². The summed E-state index contributed by atoms with van der Waals surface area (Å²) >= 11 is 1.36. The number of amides is 1. The van der Waals surface area contributed by atoms with Gasteiger partial charge in [0.25, 0.3) is 0 Å². The van der Waals surface area contributed by atoms with Crippen LogP contribution < -0.4 is 15.7 Å². The quantitative estimate of drug-likeness (QED) is 0.443. The largest absolute Gasteiger partial charge is 0.497 e. The zero-order valence-corrected chi connectivity index (χ0v) is 20.0. The monoisotopic (exact) mass is 472 g/mol. The lowest BCUT2D eigenvalue weighted by Crippen LogP contribution is -2.38. The van der Waals surface area contributed by atoms with Crippen molar-refractivity contribution in [3.05, 3.63) is 46.0 Å². The molecule has 4 rings (SSSR count). The van der Waals surface area contributed by atoms with Gasteiger partial charge in [-0.1, -0.05) is 11.8 Å². The van der Waals surface area contributed by atoms with Crippen molar-refractivity contribution < 1.29 is 14.3 Å². The molecule has 0 radical (unpaired) electrons. The maximum absolute atomic E-state index is 12.9. The number of fused-ring (bicyclic) bond motifs is 1. The maximum atomic E-state index is 12.9. The van der Waals surface area contributed by atoms with Crippen LogP contribution in [0.3, 0.4) is 0 Å². The van der Waals surface area contributed by atoms with Gasteiger partial charge in [-0.05, 0) is 56.4 Å². The van der Waals surface area contributed by atoms with Gasteiger partial charge in [0.2, 0.25) is 5.91 Å². The van der Waals surface area contributed by atoms with Crippen molar-refractivity contribution in [2.75, 3.05) is 51.0 Å². The first kappa shape index (κ1) is 23.8. The number of carbonyl (C=O) groups excluding carboxylic acids is 1. The number of hydrogen-bond donors (Lipinski definition) is 1. The Bertz CT molecular complexity index is 1000. The van der Waals surface area contributed by atoms with Crippen molar-refractivity contribution >= 4 is 23.4 Å². The molecule has 2 heterocycles. The molecule has 1 saturated heterocycles. The summed E-state index contributed by atoms with van der Waals surface area (Å²) in [5, 5.41) is 3.60. The van der Waals surface area contributed by atoms with Crippen molar-refractivity contribution in [3.8, 4) is 5.75 Å². The summed E-state index contributed by atoms with van der Waals surface area (Å²) in [6.07, 6.45) is 4.91. The number of nitrogens with zero attached hydrogens (tertiary/aromatic N) is 3. The van der Waals surface area contributed by atoms with E-state index in [4.69, 9.17) is 9.47 Å². The van der Waals surface area contributed by atoms with Gasteiger partial charge in [-0.25, -0.2) is 4.79 Å². The number of nitrogens with one attached hydrogen (secondary N) is 1. The van der Waals surface area contributed by atoms with Gasteiger partial charge in [-0.3, -0.25) is 14.3 Å². The highest BCUT2D eigenvalue weighted by molar-refractivity contribution is 8.00. The zero-order valence-electron chi connectivity index (χ0n) is 19.2. The SMILES string of the molecule is COc1ccc(NC(=O)CSc2nc(=O)n(CCCN3CCOCC3)c3c2CCCC3)cc1. The molecule has 9 heteroatoms. The van der Waals surface area contributed by atoms with Gasteiger partial charge in [0, 0.05) is 43.1 Å². The van der Waals surface area contributed by atoms with Gasteiger partial charge in [0.1, 0.15) is 10.8 Å². The number of morpholine rings is 1. The van der Waals surface area contributed by atoms with E-state index >= 15 is 0 Å². The van der Waals surface area contributed by atoms with E-state index in [1.54, 1.807) is 31.4 Å². The summed E-state index contributed by atoms with van der Waals surface area (Å²) in [6, 6.07) is 7.22. The minimum atomic E-state index is -0.198. The lowest BCUT2D eigenvalue weighted by molar-refractivity contribution is -0.113. The third-order valence-electron chi connectivity index (χ3n) is 6.12. The molecule has 1 fully saturated rings. The number of hydrogen-bond acceptors (Lipinski definition) is 7. The molecular weight excluding hydrogens is 440 g/mol. The average Bonchev–Trinajstić information content (AvgIpc) is 2.85. The first-order valence-electron chi connectivity index (χ1n) is 11.6. The van der Waals surface area contributed by atoms with E-state index in [9.17, 15) is 9.59 Å². The topological polar surface area (TPSA) is 85.7 Å². The van der Waals surface area contributed by atoms with E-state index < -0.39 is 0 Å². The van der Waals surface area contributed by atoms with E-state index in [1.807, 2.05) is 4.57 Å². The molecule has 33 heavy (non-hydrogen) atoms. The van der Waals surface area contributed by atoms with Gasteiger partial charge < -0.3 is 14.8 Å². The Labute approximate surface area is 198 Å². The Morgan fingerprint density at radius 2 is 1.91 bits per heavy atom. The molecule has 0 atom stereocenters. The van der Waals surface area contributed by atoms with Crippen molar-refractivity contribution in [2.45, 2.75) is 43.7 Å². The highest BCUT2D eigenvalue weighted by atomic mass is 32.2. The third-order valence-corrected chi connectivity index (χ3v) is 7.14. The Kier molecular flexibility index (Phi) is 8.41. The number of benzene rings is 1. The van der Waals surface area contributed by atoms with Crippen molar-refractivity contribution in [1.29, 1.82) is 0 Å². The van der Waals surface area contributed by atoms with Crippen LogP contribution in [0, 0.1) is 0 Å². The molecule has 1 N–H and O–H groups in total. The summed E-state index contributed by atoms with van der Waals surface area (Å²) in [5.74, 6) is 0.835. The number of ether oxygens (including phenoxy) is 2. The fourth-order valence-electron chi connectivity index (χ4n) is 4.38. The lowest BCUT2D eigenvalue weighted by atomic mass is 9.97. The number of methoxy groups -OCH3 is 1. The van der Waals surface area contributed by atoms with E-state index in [0.29, 0.717) is 17.3 Å². The summed E-state index contributed by atoms with van der Waals surface area (Å²) in [4.78, 5) is 32.1. The van der Waals surface area contributed by atoms with Gasteiger partial charge in [-0.2, -0.15) is 4.98 Å². The van der Waals surface area contributed by atoms with Gasteiger partial charge in [-0.15, -0.1) is 0 Å². The minimum Gasteiger partial charge on any atom is -0.497 e. The number of carbonyl (C=O) groups is 1. The van der Waals surface area contributed by atoms with Crippen LogP contribution in [0.5, 0.6) is 5.75 Å². The first-order valence-corrected chi connectivity index (χ1v) is 12.6. The van der Waals surface area contributed by atoms with Crippen molar-refractivity contribution in [1.82, 2.24) is 14.5 Å². The Morgan fingerprint density at radius 3 is 2.67 bits per heavy atom. The summed E-state index contributed by atoms with van der Waals surface area (Å²) < 4.78 is 12.4. The molecule has 1 amide bonds. The predicted molar refractivity (Wildman–Crippen MR) is 129 cm³/mol. The fraction of sp³-hybridized carbons (Fsp3) is 0.542. The van der Waals surface area contributed by atoms with Gasteiger partial charge >= 0.3 is 5.69 Å². The molecular formula is C24H32N4O4S. The van der Waals surface area contributed by atoms with Gasteiger partial charge in [0.15, 0.2) is 0 Å². The van der Waals surface area contributed by atoms with E-state index in [1.165, 1.54) is 11.8 Å². The van der Waals surface area contributed by atoms with Crippen LogP contribution in [0.2, 0.25) is 0 Å². The second kappa shape index (κ2) is 11.7. The summed E-state index contributed by atoms with van der Waals surface area (Å²) in [5.41, 5.74) is 2.78. The van der Waals surface area contributed by atoms with Crippen LogP contribution in [0.1, 0.15) is 30.5 Å². The zero-order chi connectivity index (χ0) is 23.0. The van der Waals surface area contributed by atoms with Crippen LogP contribution in [-0.2, 0) is 28.9 Å². The summed E-state index contributed by atoms with van der Waals surface area (Å²) in [7, 11) is 1.61. The van der Waals surface area contributed by atoms with Crippen LogP contribution >= 0.6 is 11.8 Å². The normalized spacial score (nSPS) is 16.3. The van der Waals surface area contributed by atoms with Crippen molar-refractivity contribution in [3.63, 3.8) is 0 Å². The van der Waals surface area contributed by atoms with E-state index in [2.05, 4.69) is 15.2 Å². The molecule has 0 spiro atoms. The van der Waals surface area contributed by atoms with E-state index in [0.717, 1.165) is 82.0 Å². The Hall–Kier alpha value is -2.36. The second-order valence-corrected chi connectivity index (χ2v) is 9.32. The second-order valence-electron chi connectivity index (χ2n) is 8.36. The number of thioether (sulfide) groups is 1. The first-order chi connectivity index (χ1) is 16.1. The molecule has 0 bridgehead atoms. The maximum Gasteiger partial charge on any atom is 0.348 e. The van der Waals surface area contributed by atoms with Crippen molar-refractivity contribution in [2.24, 2.45) is 0 Å². The summed E-state index contributed by atoms with van der Waals surface area (Å²) in [6.45, 7) is 5.14. The Morgan fingerprint density at radius 1 is 1.15 bits per heavy atom. The minimum absolute atomic E-state index is 0.119. The molecule has 8 nitrogen and oxygen atoms in total. The standard InChI is InChI=1S/C24H32N4O4S/c1-31-19-9-7-18(8-10-19)25-22(29)17-33-23-20-5-2-3-6-21(20)28(24(30)26-23)12-4-11-27-13-15-32-16-14-27/h7-10H,2-6,11-17H2,1H3,(H,25,29). The smallest absolute Gasteiger partial charge is 0.348 e. The highest BCUT2D eigenvalue weighted by Crippen LogP contribution is 2.28. The van der Waals surface area contributed by atoms with Crippen LogP contribution in [0.25, 0.3) is 0 Å². The van der Waals surface area contributed by atoms with Crippen LogP contribution in [0.4, 0.5) is 5.69 Å². The van der Waals surface area contributed by atoms with Gasteiger partial charge in [0.05, 0.1) is 26.1 Å². The average molecular weight is 473 g/mol. The number of aromatic nitrogens is 2. The molecule has 0 unspecified atom stereocenters. The number of rotatable bonds is 9. The number of anilines is 1. The molecule has 178 valence electrons. The molecule has 0 saturated carbocycles. The molecule has 2 aromatic rings.